The van der Waals surface area contributed by atoms with Gasteiger partial charge in [-0.25, -0.2) is 0 Å². The molecule has 0 aliphatic carbocycles. The van der Waals surface area contributed by atoms with Crippen LogP contribution >= 0.6 is 0 Å². The number of hydrogen-bond donors (Lipinski definition) is 0. The Hall–Kier alpha value is 0.670. The van der Waals surface area contributed by atoms with Crippen molar-refractivity contribution in [2.24, 2.45) is 0 Å². The van der Waals surface area contributed by atoms with Gasteiger partial charge in [0.15, 0.2) is 0 Å². The zero-order valence-corrected chi connectivity index (χ0v) is 6.86. The van der Waals surface area contributed by atoms with E-state index < -0.39 is 0 Å². The van der Waals surface area contributed by atoms with E-state index in [1.165, 1.54) is 25.7 Å². The second-order valence-corrected chi connectivity index (χ2v) is 2.70. The molecule has 1 nitrogen and oxygen atoms in total. The Morgan fingerprint density at radius 2 is 1.73 bits per heavy atom. The molecule has 0 aliphatic heterocycles. The van der Waals surface area contributed by atoms with Crippen molar-refractivity contribution in [2.45, 2.75) is 45.4 Å². The fourth-order valence-corrected chi connectivity index (χ4v) is 0.926. The van der Waals surface area contributed by atoms with Crippen molar-refractivity contribution in [2.75, 3.05) is 0 Å². The van der Waals surface area contributed by atoms with E-state index in [1.807, 2.05) is 0 Å². The van der Waals surface area contributed by atoms with Gasteiger partial charge >= 0.3 is 29.6 Å². The van der Waals surface area contributed by atoms with Crippen LogP contribution in [0.25, 0.3) is 0 Å². The van der Waals surface area contributed by atoms with Gasteiger partial charge in [0.2, 0.25) is 0 Å². The fraction of sp³-hybridized carbons (Fsp3) is 0.778. The molecule has 0 aromatic carbocycles. The van der Waals surface area contributed by atoms with Crippen LogP contribution < -0.4 is 0 Å². The van der Waals surface area contributed by atoms with Gasteiger partial charge in [0.1, 0.15) is 5.78 Å². The van der Waals surface area contributed by atoms with Gasteiger partial charge in [-0.2, -0.15) is 0 Å². The van der Waals surface area contributed by atoms with Gasteiger partial charge in [-0.15, -0.1) is 0 Å². The van der Waals surface area contributed by atoms with Crippen LogP contribution in [0.2, 0.25) is 0 Å². The molecule has 61 valence electrons. The minimum atomic E-state index is 0. The molecule has 2 heteroatoms. The van der Waals surface area contributed by atoms with Gasteiger partial charge in [-0.05, 0) is 6.42 Å². The second-order valence-electron chi connectivity index (χ2n) is 2.70. The third-order valence-electron chi connectivity index (χ3n) is 1.56. The molecule has 0 heterocycles. The first-order valence-corrected chi connectivity index (χ1v) is 4.12. The molecule has 0 amide bonds. The van der Waals surface area contributed by atoms with E-state index in [2.05, 4.69) is 13.8 Å². The molecule has 0 spiro atoms. The molecule has 0 atom stereocenters. The second kappa shape index (κ2) is 10.7. The third-order valence-corrected chi connectivity index (χ3v) is 1.56. The normalized spacial score (nSPS) is 8.91. The molecule has 11 heavy (non-hydrogen) atoms. The van der Waals surface area contributed by atoms with E-state index in [4.69, 9.17) is 0 Å². The molecular weight excluding hydrogens is 147 g/mol. The monoisotopic (exact) mass is 165 g/mol. The Bertz CT molecular complexity index is 91.6. The summed E-state index contributed by atoms with van der Waals surface area (Å²) in [5.74, 6) is 0.0801. The summed E-state index contributed by atoms with van der Waals surface area (Å²) >= 11 is 0. The van der Waals surface area contributed by atoms with Crippen LogP contribution in [-0.4, -0.2) is 35.3 Å². The summed E-state index contributed by atoms with van der Waals surface area (Å²) in [5.41, 5.74) is 0. The van der Waals surface area contributed by atoms with Gasteiger partial charge in [0.25, 0.3) is 0 Å². The van der Waals surface area contributed by atoms with Crippen LogP contribution in [0.5, 0.6) is 0 Å². The number of unbranched alkanes of at least 4 members (excludes halogenated alkanes) is 4. The maximum atomic E-state index is 10.4. The summed E-state index contributed by atoms with van der Waals surface area (Å²) in [4.78, 5) is 10.4. The van der Waals surface area contributed by atoms with Gasteiger partial charge < -0.3 is 0 Å². The molecular formula is C9H18NaO. The van der Waals surface area contributed by atoms with E-state index in [0.29, 0.717) is 6.42 Å². The molecule has 0 N–H and O–H groups in total. The quantitative estimate of drug-likeness (QED) is 0.435. The summed E-state index contributed by atoms with van der Waals surface area (Å²) in [5, 5.41) is 0. The van der Waals surface area contributed by atoms with Gasteiger partial charge in [0, 0.05) is 13.3 Å². The molecule has 0 aromatic heterocycles. The molecule has 0 aromatic rings. The topological polar surface area (TPSA) is 17.1 Å². The van der Waals surface area contributed by atoms with Crippen LogP contribution in [0.15, 0.2) is 0 Å². The van der Waals surface area contributed by atoms with Crippen molar-refractivity contribution in [3.05, 3.63) is 6.92 Å². The molecule has 0 saturated carbocycles. The number of Topliss-reactive ketones (excluding diaryl/α,β-unsaturated/α-hetero) is 1. The van der Waals surface area contributed by atoms with Crippen LogP contribution in [0.1, 0.15) is 45.4 Å². The van der Waals surface area contributed by atoms with Crippen LogP contribution in [0, 0.1) is 6.92 Å². The Balaban J connectivity index is 0. The van der Waals surface area contributed by atoms with Gasteiger partial charge in [-0.3, -0.25) is 4.79 Å². The van der Waals surface area contributed by atoms with Crippen molar-refractivity contribution in [1.82, 2.24) is 0 Å². The molecule has 0 rings (SSSR count). The molecule has 1 radical (unpaired) electrons. The SMILES string of the molecule is [CH2]C(=O)CCCCCCC.[NaH]. The summed E-state index contributed by atoms with van der Waals surface area (Å²) in [7, 11) is 0. The molecule has 0 saturated heterocycles. The third kappa shape index (κ3) is 13.6. The minimum absolute atomic E-state index is 0. The van der Waals surface area contributed by atoms with Crippen LogP contribution in [0.3, 0.4) is 0 Å². The van der Waals surface area contributed by atoms with Crippen molar-refractivity contribution in [3.63, 3.8) is 0 Å². The van der Waals surface area contributed by atoms with E-state index in [1.54, 1.807) is 0 Å². The molecule has 0 fully saturated rings. The van der Waals surface area contributed by atoms with Gasteiger partial charge in [0.05, 0.1) is 0 Å². The number of rotatable bonds is 6. The van der Waals surface area contributed by atoms with E-state index in [0.717, 1.165) is 6.42 Å². The Kier molecular flexibility index (Phi) is 13.8. The Labute approximate surface area is 92.2 Å². The summed E-state index contributed by atoms with van der Waals surface area (Å²) in [6.45, 7) is 5.50. The summed E-state index contributed by atoms with van der Waals surface area (Å²) < 4.78 is 0. The van der Waals surface area contributed by atoms with Crippen LogP contribution in [0.4, 0.5) is 0 Å². The number of carbonyl (C=O) groups excluding carboxylic acids is 1. The number of hydrogen-bond acceptors (Lipinski definition) is 1. The molecule has 0 bridgehead atoms. The van der Waals surface area contributed by atoms with Crippen molar-refractivity contribution < 1.29 is 4.79 Å². The fourth-order valence-electron chi connectivity index (χ4n) is 0.926. The summed E-state index contributed by atoms with van der Waals surface area (Å²) in [6, 6.07) is 0. The Morgan fingerprint density at radius 3 is 2.18 bits per heavy atom. The van der Waals surface area contributed by atoms with E-state index in [9.17, 15) is 4.79 Å². The van der Waals surface area contributed by atoms with E-state index >= 15 is 0 Å². The predicted octanol–water partition coefficient (Wildman–Crippen LogP) is 2.10. The first kappa shape index (κ1) is 14.2. The average molecular weight is 165 g/mol. The molecule has 0 aliphatic rings. The molecule has 0 unspecified atom stereocenters. The number of ketones is 1. The van der Waals surface area contributed by atoms with Crippen molar-refractivity contribution in [3.8, 4) is 0 Å². The maximum absolute atomic E-state index is 10.4. The van der Waals surface area contributed by atoms with Crippen molar-refractivity contribution in [1.29, 1.82) is 0 Å². The zero-order valence-electron chi connectivity index (χ0n) is 6.86. The first-order valence-electron chi connectivity index (χ1n) is 4.12. The van der Waals surface area contributed by atoms with Gasteiger partial charge in [-0.1, -0.05) is 32.6 Å². The van der Waals surface area contributed by atoms with E-state index in [-0.39, 0.29) is 35.3 Å². The Morgan fingerprint density at radius 1 is 1.18 bits per heavy atom. The van der Waals surface area contributed by atoms with Crippen LogP contribution in [-0.2, 0) is 4.79 Å². The summed E-state index contributed by atoms with van der Waals surface area (Å²) in [6.07, 6.45) is 6.72. The first-order chi connectivity index (χ1) is 4.77. The zero-order chi connectivity index (χ0) is 7.82. The van der Waals surface area contributed by atoms with Crippen molar-refractivity contribution >= 4 is 35.3 Å². The number of carbonyl (C=O) groups is 1. The standard InChI is InChI=1S/C9H17O.Na.H/c1-3-4-5-6-7-8-9(2)10;;/h2-8H2,1H3;;. The average Bonchev–Trinajstić information content (AvgIpc) is 1.87. The predicted molar refractivity (Wildman–Crippen MR) is 50.9 cm³/mol.